The summed E-state index contributed by atoms with van der Waals surface area (Å²) in [6.07, 6.45) is 0. The van der Waals surface area contributed by atoms with E-state index in [1.165, 1.54) is 0 Å². The van der Waals surface area contributed by atoms with Gasteiger partial charge in [0.1, 0.15) is 11.9 Å². The topological polar surface area (TPSA) is 102 Å². The molecule has 2 rings (SSSR count). The number of para-hydroxylation sites is 1. The molecular formula is C12H10N4O2. The zero-order valence-electron chi connectivity index (χ0n) is 9.57. The molecule has 0 aliphatic carbocycles. The SMILES string of the molecule is Cc1ccccc1Nc1[nH]c(=O)[nH]c(=O)c1C#N. The van der Waals surface area contributed by atoms with Crippen molar-refractivity contribution >= 4 is 11.5 Å². The highest BCUT2D eigenvalue weighted by Gasteiger charge is 2.09. The molecule has 0 unspecified atom stereocenters. The van der Waals surface area contributed by atoms with Gasteiger partial charge in [-0.25, -0.2) is 4.79 Å². The normalized spacial score (nSPS) is 9.78. The Morgan fingerprint density at radius 2 is 1.94 bits per heavy atom. The van der Waals surface area contributed by atoms with Crippen molar-refractivity contribution in [1.82, 2.24) is 9.97 Å². The van der Waals surface area contributed by atoms with Crippen molar-refractivity contribution in [2.45, 2.75) is 6.92 Å². The lowest BCUT2D eigenvalue weighted by Crippen LogP contribution is -2.26. The largest absolute Gasteiger partial charge is 0.340 e. The summed E-state index contributed by atoms with van der Waals surface area (Å²) in [6, 6.07) is 9.10. The lowest BCUT2D eigenvalue weighted by molar-refractivity contribution is 1.03. The van der Waals surface area contributed by atoms with Crippen molar-refractivity contribution in [2.24, 2.45) is 0 Å². The quantitative estimate of drug-likeness (QED) is 0.730. The number of benzene rings is 1. The van der Waals surface area contributed by atoms with Crippen LogP contribution in [0.2, 0.25) is 0 Å². The fourth-order valence-electron chi connectivity index (χ4n) is 1.53. The summed E-state index contributed by atoms with van der Waals surface area (Å²) in [5, 5.41) is 11.8. The molecule has 0 saturated carbocycles. The lowest BCUT2D eigenvalue weighted by atomic mass is 10.2. The van der Waals surface area contributed by atoms with Crippen molar-refractivity contribution in [1.29, 1.82) is 5.26 Å². The zero-order chi connectivity index (χ0) is 13.1. The van der Waals surface area contributed by atoms with Gasteiger partial charge in [0.15, 0.2) is 5.56 Å². The molecule has 6 nitrogen and oxygen atoms in total. The fourth-order valence-corrected chi connectivity index (χ4v) is 1.53. The second-order valence-corrected chi connectivity index (χ2v) is 3.71. The predicted molar refractivity (Wildman–Crippen MR) is 66.9 cm³/mol. The Hall–Kier alpha value is -2.81. The van der Waals surface area contributed by atoms with E-state index in [4.69, 9.17) is 5.26 Å². The van der Waals surface area contributed by atoms with Gasteiger partial charge in [0.2, 0.25) is 0 Å². The first-order valence-corrected chi connectivity index (χ1v) is 5.21. The molecule has 90 valence electrons. The van der Waals surface area contributed by atoms with Gasteiger partial charge >= 0.3 is 5.69 Å². The molecule has 0 aliphatic heterocycles. The summed E-state index contributed by atoms with van der Waals surface area (Å²) >= 11 is 0. The minimum atomic E-state index is -0.711. The van der Waals surface area contributed by atoms with Crippen molar-refractivity contribution < 1.29 is 0 Å². The average molecular weight is 242 g/mol. The van der Waals surface area contributed by atoms with Crippen LogP contribution in [-0.4, -0.2) is 9.97 Å². The van der Waals surface area contributed by atoms with Gasteiger partial charge < -0.3 is 5.32 Å². The lowest BCUT2D eigenvalue weighted by Gasteiger charge is -2.09. The maximum atomic E-state index is 11.4. The molecule has 0 spiro atoms. The van der Waals surface area contributed by atoms with E-state index in [9.17, 15) is 9.59 Å². The van der Waals surface area contributed by atoms with Crippen LogP contribution in [0.4, 0.5) is 11.5 Å². The Kier molecular flexibility index (Phi) is 2.98. The molecule has 1 aromatic heterocycles. The van der Waals surface area contributed by atoms with E-state index >= 15 is 0 Å². The molecule has 6 heteroatoms. The smallest absolute Gasteiger partial charge is 0.327 e. The van der Waals surface area contributed by atoms with E-state index in [0.717, 1.165) is 11.3 Å². The van der Waals surface area contributed by atoms with E-state index < -0.39 is 11.2 Å². The van der Waals surface area contributed by atoms with Crippen LogP contribution < -0.4 is 16.6 Å². The number of aryl methyl sites for hydroxylation is 1. The van der Waals surface area contributed by atoms with E-state index in [-0.39, 0.29) is 11.4 Å². The van der Waals surface area contributed by atoms with E-state index in [2.05, 4.69) is 10.3 Å². The Bertz CT molecular complexity index is 737. The van der Waals surface area contributed by atoms with Crippen molar-refractivity contribution in [2.75, 3.05) is 5.32 Å². The van der Waals surface area contributed by atoms with Gasteiger partial charge in [-0.3, -0.25) is 14.8 Å². The second-order valence-electron chi connectivity index (χ2n) is 3.71. The molecule has 18 heavy (non-hydrogen) atoms. The number of aromatic nitrogens is 2. The van der Waals surface area contributed by atoms with Crippen LogP contribution in [0.1, 0.15) is 11.1 Å². The first kappa shape index (κ1) is 11.7. The van der Waals surface area contributed by atoms with Gasteiger partial charge in [-0.1, -0.05) is 18.2 Å². The van der Waals surface area contributed by atoms with Crippen LogP contribution in [0.15, 0.2) is 33.9 Å². The first-order valence-electron chi connectivity index (χ1n) is 5.21. The van der Waals surface area contributed by atoms with Crippen LogP contribution in [0.5, 0.6) is 0 Å². The summed E-state index contributed by atoms with van der Waals surface area (Å²) in [6.45, 7) is 1.87. The molecule has 0 bridgehead atoms. The Morgan fingerprint density at radius 3 is 2.61 bits per heavy atom. The minimum Gasteiger partial charge on any atom is -0.340 e. The number of H-pyrrole nitrogens is 2. The summed E-state index contributed by atoms with van der Waals surface area (Å²) in [5.74, 6) is 0.0977. The van der Waals surface area contributed by atoms with Gasteiger partial charge in [-0.2, -0.15) is 5.26 Å². The first-order chi connectivity index (χ1) is 8.61. The molecule has 3 N–H and O–H groups in total. The fraction of sp³-hybridized carbons (Fsp3) is 0.0833. The third-order valence-electron chi connectivity index (χ3n) is 2.46. The maximum absolute atomic E-state index is 11.4. The molecule has 0 saturated heterocycles. The third kappa shape index (κ3) is 2.15. The van der Waals surface area contributed by atoms with E-state index in [0.29, 0.717) is 0 Å². The number of nitrogens with one attached hydrogen (secondary N) is 3. The van der Waals surface area contributed by atoms with Gasteiger partial charge in [-0.05, 0) is 18.6 Å². The number of rotatable bonds is 2. The number of aromatic amines is 2. The van der Waals surface area contributed by atoms with Crippen LogP contribution in [-0.2, 0) is 0 Å². The standard InChI is InChI=1S/C12H10N4O2/c1-7-4-2-3-5-9(7)14-10-8(6-13)11(17)16-12(18)15-10/h2-5H,1H3,(H3,14,15,16,17,18). The summed E-state index contributed by atoms with van der Waals surface area (Å²) in [5.41, 5.74) is 0.128. The molecule has 1 aromatic carbocycles. The molecule has 0 atom stereocenters. The van der Waals surface area contributed by atoms with Crippen molar-refractivity contribution in [3.05, 3.63) is 56.2 Å². The van der Waals surface area contributed by atoms with Crippen LogP contribution in [0.25, 0.3) is 0 Å². The third-order valence-corrected chi connectivity index (χ3v) is 2.46. The maximum Gasteiger partial charge on any atom is 0.327 e. The van der Waals surface area contributed by atoms with Gasteiger partial charge in [0, 0.05) is 5.69 Å². The molecule has 1 heterocycles. The highest BCUT2D eigenvalue weighted by molar-refractivity contribution is 5.64. The van der Waals surface area contributed by atoms with Gasteiger partial charge in [0.05, 0.1) is 0 Å². The van der Waals surface area contributed by atoms with E-state index in [1.54, 1.807) is 12.1 Å². The molecule has 2 aromatic rings. The number of nitriles is 1. The number of nitrogens with zero attached hydrogens (tertiary/aromatic N) is 1. The molecular weight excluding hydrogens is 232 g/mol. The zero-order valence-corrected chi connectivity index (χ0v) is 9.57. The van der Waals surface area contributed by atoms with Crippen LogP contribution in [0, 0.1) is 18.3 Å². The Labute approximate surface area is 102 Å². The number of hydrogen-bond acceptors (Lipinski definition) is 4. The number of anilines is 2. The summed E-state index contributed by atoms with van der Waals surface area (Å²) < 4.78 is 0. The Balaban J connectivity index is 2.54. The molecule has 0 radical (unpaired) electrons. The molecule has 0 aliphatic rings. The average Bonchev–Trinajstić information content (AvgIpc) is 2.31. The van der Waals surface area contributed by atoms with Gasteiger partial charge in [0.25, 0.3) is 5.56 Å². The van der Waals surface area contributed by atoms with Gasteiger partial charge in [-0.15, -0.1) is 0 Å². The molecule has 0 fully saturated rings. The highest BCUT2D eigenvalue weighted by atomic mass is 16.2. The summed E-state index contributed by atoms with van der Waals surface area (Å²) in [4.78, 5) is 27.0. The van der Waals surface area contributed by atoms with Crippen LogP contribution >= 0.6 is 0 Å². The minimum absolute atomic E-state index is 0.0977. The highest BCUT2D eigenvalue weighted by Crippen LogP contribution is 2.18. The Morgan fingerprint density at radius 1 is 1.22 bits per heavy atom. The van der Waals surface area contributed by atoms with Crippen molar-refractivity contribution in [3.63, 3.8) is 0 Å². The summed E-state index contributed by atoms with van der Waals surface area (Å²) in [7, 11) is 0. The second kappa shape index (κ2) is 4.59. The van der Waals surface area contributed by atoms with Crippen LogP contribution in [0.3, 0.4) is 0 Å². The number of hydrogen-bond donors (Lipinski definition) is 3. The van der Waals surface area contributed by atoms with E-state index in [1.807, 2.05) is 30.1 Å². The monoisotopic (exact) mass is 242 g/mol. The predicted octanol–water partition coefficient (Wildman–Crippen LogP) is 0.987. The molecule has 0 amide bonds. The van der Waals surface area contributed by atoms with Crippen molar-refractivity contribution in [3.8, 4) is 6.07 Å².